The van der Waals surface area contributed by atoms with Crippen molar-refractivity contribution in [1.82, 2.24) is 19.4 Å². The molecule has 1 amide bonds. The number of hydrogen-bond donors (Lipinski definition) is 1. The maximum atomic E-state index is 13.7. The number of carboxylic acids is 1. The maximum Gasteiger partial charge on any atom is 0.345 e. The van der Waals surface area contributed by atoms with E-state index in [1.807, 2.05) is 77.5 Å². The number of amides is 1. The molecule has 216 valence electrons. The van der Waals surface area contributed by atoms with E-state index in [2.05, 4.69) is 23.2 Å². The number of aryl methyl sites for hydroxylation is 2. The smallest absolute Gasteiger partial charge is 0.345 e. The summed E-state index contributed by atoms with van der Waals surface area (Å²) >= 11 is 4.77. The van der Waals surface area contributed by atoms with Gasteiger partial charge in [0, 0.05) is 35.5 Å². The summed E-state index contributed by atoms with van der Waals surface area (Å²) in [6.45, 7) is 5.60. The van der Waals surface area contributed by atoms with Crippen molar-refractivity contribution in [2.24, 2.45) is 0 Å². The van der Waals surface area contributed by atoms with Gasteiger partial charge in [-0.2, -0.15) is 11.8 Å². The van der Waals surface area contributed by atoms with Crippen LogP contribution in [0.5, 0.6) is 0 Å². The first-order valence-corrected chi connectivity index (χ1v) is 16.8. The van der Waals surface area contributed by atoms with Gasteiger partial charge in [-0.25, -0.2) is 14.8 Å². The molecule has 0 aliphatic carbocycles. The SMILES string of the molecule is Cc1nc(C)c(-c2ccc3cc(-c4c(-c5ccccc5)c5sc(C(=O)O)cc5n4CC(=O)N4CCSCC4)ccc3n2)s1. The van der Waals surface area contributed by atoms with Gasteiger partial charge < -0.3 is 14.6 Å². The molecular formula is C33H28N4O3S3. The molecule has 5 heterocycles. The van der Waals surface area contributed by atoms with Crippen LogP contribution in [-0.2, 0) is 11.3 Å². The zero-order valence-electron chi connectivity index (χ0n) is 23.7. The zero-order valence-corrected chi connectivity index (χ0v) is 26.1. The molecule has 43 heavy (non-hydrogen) atoms. The number of benzene rings is 2. The number of hydrogen-bond acceptors (Lipinski definition) is 7. The van der Waals surface area contributed by atoms with Gasteiger partial charge in [0.1, 0.15) is 11.4 Å². The second kappa shape index (κ2) is 11.3. The summed E-state index contributed by atoms with van der Waals surface area (Å²) in [5.74, 6) is 0.934. The van der Waals surface area contributed by atoms with Crippen LogP contribution in [0, 0.1) is 13.8 Å². The van der Waals surface area contributed by atoms with E-state index in [-0.39, 0.29) is 17.3 Å². The normalized spacial score (nSPS) is 13.7. The number of carbonyl (C=O) groups excluding carboxylic acids is 1. The first kappa shape index (κ1) is 27.8. The first-order valence-electron chi connectivity index (χ1n) is 14.0. The standard InChI is InChI=1S/C33H28N4O3S3/c1-19-31(42-20(2)34-19)25-11-8-22-16-23(9-10-24(22)35-25)30-29(21-6-4-3-5-7-21)32-26(17-27(43-32)33(39)40)37(30)18-28(38)36-12-14-41-15-13-36/h3-11,16-17H,12-15,18H2,1-2H3,(H,39,40). The predicted octanol–water partition coefficient (Wildman–Crippen LogP) is 7.60. The van der Waals surface area contributed by atoms with Crippen LogP contribution < -0.4 is 0 Å². The molecule has 0 unspecified atom stereocenters. The Kier molecular flexibility index (Phi) is 7.28. The zero-order chi connectivity index (χ0) is 29.7. The Morgan fingerprint density at radius 2 is 1.70 bits per heavy atom. The average Bonchev–Trinajstić information content (AvgIpc) is 3.69. The highest BCUT2D eigenvalue weighted by Crippen LogP contribution is 2.45. The molecule has 0 bridgehead atoms. The monoisotopic (exact) mass is 624 g/mol. The van der Waals surface area contributed by atoms with Gasteiger partial charge in [-0.1, -0.05) is 42.5 Å². The molecule has 10 heteroatoms. The Bertz CT molecular complexity index is 2020. The third-order valence-electron chi connectivity index (χ3n) is 7.77. The Balaban J connectivity index is 1.42. The first-order chi connectivity index (χ1) is 20.9. The summed E-state index contributed by atoms with van der Waals surface area (Å²) in [5.41, 5.74) is 7.31. The summed E-state index contributed by atoms with van der Waals surface area (Å²) < 4.78 is 2.89. The van der Waals surface area contributed by atoms with Gasteiger partial charge in [-0.15, -0.1) is 22.7 Å². The number of aromatic carboxylic acids is 1. The van der Waals surface area contributed by atoms with Crippen LogP contribution in [0.2, 0.25) is 0 Å². The molecule has 2 aromatic carbocycles. The van der Waals surface area contributed by atoms with Crippen LogP contribution in [0.25, 0.3) is 54.1 Å². The lowest BCUT2D eigenvalue weighted by molar-refractivity contribution is -0.131. The number of carbonyl (C=O) groups is 2. The number of thioether (sulfide) groups is 1. The molecule has 0 atom stereocenters. The fourth-order valence-corrected chi connectivity index (χ4v) is 8.64. The number of thiazole rings is 1. The van der Waals surface area contributed by atoms with E-state index in [4.69, 9.17) is 4.98 Å². The lowest BCUT2D eigenvalue weighted by Gasteiger charge is -2.27. The van der Waals surface area contributed by atoms with E-state index in [9.17, 15) is 14.7 Å². The Morgan fingerprint density at radius 1 is 0.907 bits per heavy atom. The highest BCUT2D eigenvalue weighted by Gasteiger charge is 2.27. The number of thiophene rings is 1. The van der Waals surface area contributed by atoms with Gasteiger partial charge in [0.15, 0.2) is 0 Å². The Labute approximate surface area is 260 Å². The van der Waals surface area contributed by atoms with Crippen molar-refractivity contribution in [2.45, 2.75) is 20.4 Å². The largest absolute Gasteiger partial charge is 0.477 e. The molecule has 1 aliphatic rings. The number of carboxylic acid groups (broad SMARTS) is 1. The van der Waals surface area contributed by atoms with E-state index in [1.54, 1.807) is 17.4 Å². The van der Waals surface area contributed by atoms with Gasteiger partial charge in [-0.05, 0) is 49.2 Å². The molecule has 0 saturated carbocycles. The molecule has 6 aromatic rings. The molecule has 7 nitrogen and oxygen atoms in total. The highest BCUT2D eigenvalue weighted by molar-refractivity contribution is 7.99. The number of pyridine rings is 1. The van der Waals surface area contributed by atoms with Gasteiger partial charge in [0.25, 0.3) is 0 Å². The fraction of sp³-hybridized carbons (Fsp3) is 0.212. The van der Waals surface area contributed by atoms with E-state index in [1.165, 1.54) is 11.3 Å². The van der Waals surface area contributed by atoms with Crippen molar-refractivity contribution in [1.29, 1.82) is 0 Å². The van der Waals surface area contributed by atoms with Crippen LogP contribution in [0.4, 0.5) is 0 Å². The van der Waals surface area contributed by atoms with Crippen molar-refractivity contribution < 1.29 is 14.7 Å². The van der Waals surface area contributed by atoms with Gasteiger partial charge in [-0.3, -0.25) is 4.79 Å². The summed E-state index contributed by atoms with van der Waals surface area (Å²) in [4.78, 5) is 38.5. The van der Waals surface area contributed by atoms with Crippen molar-refractivity contribution in [3.05, 3.63) is 82.3 Å². The average molecular weight is 625 g/mol. The third-order valence-corrected chi connectivity index (χ3v) is 10.9. The molecule has 1 fully saturated rings. The quantitative estimate of drug-likeness (QED) is 0.205. The number of nitrogens with zero attached hydrogens (tertiary/aromatic N) is 4. The summed E-state index contributed by atoms with van der Waals surface area (Å²) in [6, 6.07) is 22.1. The van der Waals surface area contributed by atoms with Gasteiger partial charge in [0.2, 0.25) is 5.91 Å². The second-order valence-corrected chi connectivity index (χ2v) is 14.0. The van der Waals surface area contributed by atoms with E-state index < -0.39 is 5.97 Å². The van der Waals surface area contributed by atoms with Crippen molar-refractivity contribution in [3.63, 3.8) is 0 Å². The van der Waals surface area contributed by atoms with Crippen molar-refractivity contribution >= 4 is 67.4 Å². The second-order valence-electron chi connectivity index (χ2n) is 10.6. The number of aromatic nitrogens is 3. The van der Waals surface area contributed by atoms with Gasteiger partial charge in [0.05, 0.1) is 42.7 Å². The van der Waals surface area contributed by atoms with Crippen LogP contribution in [0.15, 0.2) is 66.7 Å². The van der Waals surface area contributed by atoms with E-state index in [0.29, 0.717) is 0 Å². The lowest BCUT2D eigenvalue weighted by atomic mass is 10.00. The molecule has 7 rings (SSSR count). The Hall–Kier alpha value is -3.99. The molecule has 1 aliphatic heterocycles. The summed E-state index contributed by atoms with van der Waals surface area (Å²) in [7, 11) is 0. The Morgan fingerprint density at radius 3 is 2.42 bits per heavy atom. The predicted molar refractivity (Wildman–Crippen MR) is 177 cm³/mol. The molecule has 0 radical (unpaired) electrons. The molecular weight excluding hydrogens is 597 g/mol. The van der Waals surface area contributed by atoms with Crippen LogP contribution in [0.1, 0.15) is 20.4 Å². The van der Waals surface area contributed by atoms with E-state index in [0.717, 1.165) is 89.4 Å². The number of fused-ring (bicyclic) bond motifs is 2. The van der Waals surface area contributed by atoms with Crippen LogP contribution in [0.3, 0.4) is 0 Å². The van der Waals surface area contributed by atoms with Gasteiger partial charge >= 0.3 is 5.97 Å². The minimum Gasteiger partial charge on any atom is -0.477 e. The van der Waals surface area contributed by atoms with Crippen molar-refractivity contribution in [3.8, 4) is 33.0 Å². The van der Waals surface area contributed by atoms with Crippen LogP contribution in [-0.4, -0.2) is 61.0 Å². The molecule has 4 aromatic heterocycles. The third kappa shape index (κ3) is 5.13. The summed E-state index contributed by atoms with van der Waals surface area (Å²) in [5, 5.41) is 11.9. The maximum absolute atomic E-state index is 13.7. The molecule has 1 N–H and O–H groups in total. The summed E-state index contributed by atoms with van der Waals surface area (Å²) in [6.07, 6.45) is 0. The highest BCUT2D eigenvalue weighted by atomic mass is 32.2. The lowest BCUT2D eigenvalue weighted by Crippen LogP contribution is -2.39. The fourth-order valence-electron chi connectivity index (χ4n) is 5.78. The van der Waals surface area contributed by atoms with E-state index >= 15 is 0 Å². The molecule has 0 spiro atoms. The topological polar surface area (TPSA) is 88.3 Å². The molecule has 1 saturated heterocycles. The minimum atomic E-state index is -0.966. The number of rotatable bonds is 6. The minimum absolute atomic E-state index is 0.0449. The van der Waals surface area contributed by atoms with Crippen molar-refractivity contribution in [2.75, 3.05) is 24.6 Å². The van der Waals surface area contributed by atoms with Crippen LogP contribution >= 0.6 is 34.4 Å².